The molecule has 0 bridgehead atoms. The Labute approximate surface area is 126 Å². The highest BCUT2D eigenvalue weighted by molar-refractivity contribution is 14.1. The Morgan fingerprint density at radius 2 is 1.74 bits per heavy atom. The van der Waals surface area contributed by atoms with Gasteiger partial charge in [0.2, 0.25) is 0 Å². The molecule has 0 spiro atoms. The maximum atomic E-state index is 6.03. The summed E-state index contributed by atoms with van der Waals surface area (Å²) < 4.78 is 1.01. The lowest BCUT2D eigenvalue weighted by Crippen LogP contribution is -2.04. The van der Waals surface area contributed by atoms with E-state index in [1.807, 2.05) is 26.0 Å². The Morgan fingerprint density at radius 3 is 2.32 bits per heavy atom. The molecular weight excluding hydrogens is 351 g/mol. The number of hydrogen-bond acceptors (Lipinski definition) is 4. The minimum Gasteiger partial charge on any atom is -0.383 e. The zero-order valence-corrected chi connectivity index (χ0v) is 13.1. The molecule has 2 aromatic rings. The molecule has 98 valence electrons. The topological polar surface area (TPSA) is 64.7 Å². The number of nitrogens with two attached hydrogens (primary N) is 1. The van der Waals surface area contributed by atoms with E-state index in [-0.39, 0.29) is 0 Å². The van der Waals surface area contributed by atoms with E-state index >= 15 is 0 Å². The monoisotopic (exact) mass is 366 g/mol. The fourth-order valence-electron chi connectivity index (χ4n) is 2.20. The van der Waals surface area contributed by atoms with Crippen LogP contribution in [0, 0.1) is 17.4 Å². The van der Waals surface area contributed by atoms with Crippen LogP contribution in [-0.4, -0.2) is 15.0 Å². The van der Waals surface area contributed by atoms with Gasteiger partial charge in [-0.15, -0.1) is 0 Å². The molecule has 0 amide bonds. The average molecular weight is 366 g/mol. The summed E-state index contributed by atoms with van der Waals surface area (Å²) >= 11 is 2.25. The molecule has 3 rings (SSSR count). The Balaban J connectivity index is 2.14. The van der Waals surface area contributed by atoms with Crippen LogP contribution in [0.3, 0.4) is 0 Å². The first-order chi connectivity index (χ1) is 9.04. The minimum absolute atomic E-state index is 0.569. The second-order valence-electron chi connectivity index (χ2n) is 5.04. The SMILES string of the molecule is Cc1cc(-c2nc(N)c(I)c(C3CC3)n2)cc(C)n1. The largest absolute Gasteiger partial charge is 0.383 e. The normalized spacial score (nSPS) is 14.7. The number of nitrogens with zero attached hydrogens (tertiary/aromatic N) is 3. The fourth-order valence-corrected chi connectivity index (χ4v) is 2.88. The second-order valence-corrected chi connectivity index (χ2v) is 6.12. The van der Waals surface area contributed by atoms with Gasteiger partial charge < -0.3 is 5.73 Å². The van der Waals surface area contributed by atoms with E-state index in [1.54, 1.807) is 0 Å². The van der Waals surface area contributed by atoms with Crippen molar-refractivity contribution in [2.45, 2.75) is 32.6 Å². The van der Waals surface area contributed by atoms with Gasteiger partial charge in [-0.25, -0.2) is 9.97 Å². The molecule has 19 heavy (non-hydrogen) atoms. The van der Waals surface area contributed by atoms with Gasteiger partial charge >= 0.3 is 0 Å². The summed E-state index contributed by atoms with van der Waals surface area (Å²) in [6.07, 6.45) is 2.42. The van der Waals surface area contributed by atoms with Gasteiger partial charge in [0, 0.05) is 22.9 Å². The van der Waals surface area contributed by atoms with E-state index in [1.165, 1.54) is 12.8 Å². The minimum atomic E-state index is 0.569. The molecule has 2 heterocycles. The van der Waals surface area contributed by atoms with Crippen molar-refractivity contribution in [3.8, 4) is 11.4 Å². The summed E-state index contributed by atoms with van der Waals surface area (Å²) in [6.45, 7) is 3.96. The first-order valence-corrected chi connectivity index (χ1v) is 7.41. The molecule has 2 N–H and O–H groups in total. The second kappa shape index (κ2) is 4.70. The molecule has 1 aliphatic carbocycles. The molecule has 0 unspecified atom stereocenters. The van der Waals surface area contributed by atoms with Gasteiger partial charge in [0.1, 0.15) is 5.82 Å². The molecule has 1 fully saturated rings. The van der Waals surface area contributed by atoms with Crippen LogP contribution in [0.5, 0.6) is 0 Å². The van der Waals surface area contributed by atoms with E-state index in [2.05, 4.69) is 32.6 Å². The predicted molar refractivity (Wildman–Crippen MR) is 83.8 cm³/mol. The molecule has 1 aliphatic rings. The zero-order chi connectivity index (χ0) is 13.6. The van der Waals surface area contributed by atoms with Gasteiger partial charge in [0.05, 0.1) is 9.26 Å². The third kappa shape index (κ3) is 2.56. The number of anilines is 1. The van der Waals surface area contributed by atoms with Crippen molar-refractivity contribution < 1.29 is 0 Å². The van der Waals surface area contributed by atoms with Gasteiger partial charge in [0.25, 0.3) is 0 Å². The molecule has 0 aromatic carbocycles. The number of pyridine rings is 1. The van der Waals surface area contributed by atoms with Crippen LogP contribution in [0.15, 0.2) is 12.1 Å². The number of halogens is 1. The molecule has 0 atom stereocenters. The van der Waals surface area contributed by atoms with Crippen molar-refractivity contribution in [3.63, 3.8) is 0 Å². The maximum Gasteiger partial charge on any atom is 0.161 e. The van der Waals surface area contributed by atoms with E-state index in [4.69, 9.17) is 10.7 Å². The van der Waals surface area contributed by atoms with E-state index in [9.17, 15) is 0 Å². The summed E-state index contributed by atoms with van der Waals surface area (Å²) in [5, 5.41) is 0. The van der Waals surface area contributed by atoms with Crippen molar-refractivity contribution in [3.05, 3.63) is 32.8 Å². The van der Waals surface area contributed by atoms with E-state index in [0.717, 1.165) is 26.2 Å². The third-order valence-electron chi connectivity index (χ3n) is 3.21. The highest BCUT2D eigenvalue weighted by Gasteiger charge is 2.29. The van der Waals surface area contributed by atoms with Crippen LogP contribution in [0.4, 0.5) is 5.82 Å². The van der Waals surface area contributed by atoms with Gasteiger partial charge in [-0.2, -0.15) is 0 Å². The fraction of sp³-hybridized carbons (Fsp3) is 0.357. The lowest BCUT2D eigenvalue weighted by atomic mass is 10.1. The van der Waals surface area contributed by atoms with Crippen LogP contribution in [0.2, 0.25) is 0 Å². The molecule has 1 saturated carbocycles. The van der Waals surface area contributed by atoms with Crippen molar-refractivity contribution in [2.75, 3.05) is 5.73 Å². The summed E-state index contributed by atoms with van der Waals surface area (Å²) in [4.78, 5) is 13.5. The van der Waals surface area contributed by atoms with Crippen LogP contribution in [-0.2, 0) is 0 Å². The van der Waals surface area contributed by atoms with Crippen LogP contribution < -0.4 is 5.73 Å². The van der Waals surface area contributed by atoms with Gasteiger partial charge in [0.15, 0.2) is 5.82 Å². The predicted octanol–water partition coefficient (Wildman–Crippen LogP) is 3.22. The number of aromatic nitrogens is 3. The van der Waals surface area contributed by atoms with Gasteiger partial charge in [-0.3, -0.25) is 4.98 Å². The summed E-state index contributed by atoms with van der Waals surface area (Å²) in [6, 6.07) is 4.01. The van der Waals surface area contributed by atoms with Crippen LogP contribution >= 0.6 is 22.6 Å². The molecule has 0 saturated heterocycles. The number of hydrogen-bond donors (Lipinski definition) is 1. The lowest BCUT2D eigenvalue weighted by molar-refractivity contribution is 0.980. The molecule has 4 nitrogen and oxygen atoms in total. The van der Waals surface area contributed by atoms with Crippen molar-refractivity contribution in [1.82, 2.24) is 15.0 Å². The quantitative estimate of drug-likeness (QED) is 0.829. The number of rotatable bonds is 2. The highest BCUT2D eigenvalue weighted by Crippen LogP contribution is 2.42. The third-order valence-corrected chi connectivity index (χ3v) is 4.31. The van der Waals surface area contributed by atoms with Crippen LogP contribution in [0.1, 0.15) is 35.8 Å². The van der Waals surface area contributed by atoms with Crippen molar-refractivity contribution in [1.29, 1.82) is 0 Å². The number of nitrogen functional groups attached to an aromatic ring is 1. The van der Waals surface area contributed by atoms with Gasteiger partial charge in [-0.05, 0) is 61.4 Å². The Bertz CT molecular complexity index is 630. The summed E-state index contributed by atoms with van der Waals surface area (Å²) in [7, 11) is 0. The smallest absolute Gasteiger partial charge is 0.161 e. The summed E-state index contributed by atoms with van der Waals surface area (Å²) in [5.41, 5.74) is 10.1. The van der Waals surface area contributed by atoms with E-state index < -0.39 is 0 Å². The Kier molecular flexibility index (Phi) is 3.16. The summed E-state index contributed by atoms with van der Waals surface area (Å²) in [5.74, 6) is 1.87. The first-order valence-electron chi connectivity index (χ1n) is 6.33. The first kappa shape index (κ1) is 12.8. The van der Waals surface area contributed by atoms with E-state index in [0.29, 0.717) is 17.6 Å². The van der Waals surface area contributed by atoms with Crippen molar-refractivity contribution in [2.24, 2.45) is 0 Å². The molecule has 2 aromatic heterocycles. The highest BCUT2D eigenvalue weighted by atomic mass is 127. The zero-order valence-electron chi connectivity index (χ0n) is 10.9. The molecular formula is C14H15IN4. The standard InChI is InChI=1S/C14H15IN4/c1-7-5-10(6-8(2)17-7)14-18-12(9-3-4-9)11(15)13(16)19-14/h5-6,9H,3-4H2,1-2H3,(H2,16,18,19). The Morgan fingerprint density at radius 1 is 1.11 bits per heavy atom. The molecule has 0 aliphatic heterocycles. The van der Waals surface area contributed by atoms with Crippen LogP contribution in [0.25, 0.3) is 11.4 Å². The molecule has 5 heteroatoms. The van der Waals surface area contributed by atoms with Gasteiger partial charge in [-0.1, -0.05) is 0 Å². The lowest BCUT2D eigenvalue weighted by Gasteiger charge is -2.09. The Hall–Kier alpha value is -1.24. The molecule has 0 radical (unpaired) electrons. The average Bonchev–Trinajstić information content (AvgIpc) is 3.15. The maximum absolute atomic E-state index is 6.03. The van der Waals surface area contributed by atoms with Crippen molar-refractivity contribution >= 4 is 28.4 Å². The number of aryl methyl sites for hydroxylation is 2.